The fourth-order valence-electron chi connectivity index (χ4n) is 4.53. The number of carbonyl (C=O) groups excluding carboxylic acids is 1. The van der Waals surface area contributed by atoms with Gasteiger partial charge in [0.1, 0.15) is 0 Å². The van der Waals surface area contributed by atoms with Crippen LogP contribution in [0.5, 0.6) is 0 Å². The highest BCUT2D eigenvalue weighted by molar-refractivity contribution is 7.89. The van der Waals surface area contributed by atoms with E-state index < -0.39 is 20.2 Å². The van der Waals surface area contributed by atoms with E-state index in [0.717, 1.165) is 19.3 Å². The molecule has 0 saturated carbocycles. The molecule has 4 rings (SSSR count). The molecule has 0 atom stereocenters. The van der Waals surface area contributed by atoms with E-state index in [1.165, 1.54) is 25.0 Å². The van der Waals surface area contributed by atoms with Crippen molar-refractivity contribution in [2.24, 2.45) is 0 Å². The molecule has 0 spiro atoms. The number of sulfonamides is 1. The van der Waals surface area contributed by atoms with Gasteiger partial charge >= 0.3 is 0 Å². The molecule has 3 aliphatic rings. The van der Waals surface area contributed by atoms with Gasteiger partial charge in [0.15, 0.2) is 0 Å². The van der Waals surface area contributed by atoms with Crippen molar-refractivity contribution in [2.45, 2.75) is 24.2 Å². The second-order valence-corrected chi connectivity index (χ2v) is 12.8. The highest BCUT2D eigenvalue weighted by Gasteiger charge is 2.35. The van der Waals surface area contributed by atoms with Crippen LogP contribution < -0.4 is 0 Å². The Hall–Kier alpha value is -1.57. The van der Waals surface area contributed by atoms with Gasteiger partial charge in [-0.15, -0.1) is 0 Å². The van der Waals surface area contributed by atoms with E-state index in [9.17, 15) is 21.6 Å². The fourth-order valence-corrected chi connectivity index (χ4v) is 7.67. The molecule has 184 valence electrons. The van der Waals surface area contributed by atoms with E-state index in [1.54, 1.807) is 17.0 Å². The molecule has 0 aliphatic carbocycles. The largest absolute Gasteiger partial charge is 0.336 e. The maximum Gasteiger partial charge on any atom is 0.282 e. The van der Waals surface area contributed by atoms with E-state index >= 15 is 0 Å². The van der Waals surface area contributed by atoms with Gasteiger partial charge in [-0.1, -0.05) is 12.5 Å². The third kappa shape index (κ3) is 5.25. The van der Waals surface area contributed by atoms with Gasteiger partial charge in [0.05, 0.1) is 4.90 Å². The maximum absolute atomic E-state index is 13.1. The Labute approximate surface area is 197 Å². The van der Waals surface area contributed by atoms with Crippen molar-refractivity contribution in [3.8, 4) is 0 Å². The first-order valence-corrected chi connectivity index (χ1v) is 14.4. The Morgan fingerprint density at radius 1 is 0.727 bits per heavy atom. The molecule has 0 bridgehead atoms. The first kappa shape index (κ1) is 24.6. The fraction of sp³-hybridized carbons (Fsp3) is 0.667. The predicted molar refractivity (Wildman–Crippen MR) is 125 cm³/mol. The lowest BCUT2D eigenvalue weighted by Crippen LogP contribution is -2.57. The van der Waals surface area contributed by atoms with Crippen LogP contribution in [-0.4, -0.2) is 118 Å². The SMILES string of the molecule is CN1CCN(S(=O)(=O)N2CCN(C(=O)c3cccc(S(=O)(=O)N4CCCCC4)c3)CC2)CC1. The molecule has 12 heteroatoms. The number of benzene rings is 1. The number of hydrogen-bond acceptors (Lipinski definition) is 6. The number of nitrogens with zero attached hydrogens (tertiary/aromatic N) is 5. The summed E-state index contributed by atoms with van der Waals surface area (Å²) in [5, 5.41) is 0. The van der Waals surface area contributed by atoms with Crippen molar-refractivity contribution >= 4 is 26.1 Å². The summed E-state index contributed by atoms with van der Waals surface area (Å²) in [6.07, 6.45) is 2.72. The number of rotatable bonds is 5. The summed E-state index contributed by atoms with van der Waals surface area (Å²) in [5.41, 5.74) is 0.309. The molecule has 1 amide bonds. The number of amides is 1. The smallest absolute Gasteiger partial charge is 0.282 e. The first-order valence-electron chi connectivity index (χ1n) is 11.5. The van der Waals surface area contributed by atoms with E-state index in [-0.39, 0.29) is 37.0 Å². The summed E-state index contributed by atoms with van der Waals surface area (Å²) in [5.74, 6) is -0.276. The number of piperazine rings is 2. The average Bonchev–Trinajstić information content (AvgIpc) is 2.84. The van der Waals surface area contributed by atoms with Crippen LogP contribution in [0.3, 0.4) is 0 Å². The van der Waals surface area contributed by atoms with Gasteiger partial charge in [0, 0.05) is 71.0 Å². The third-order valence-electron chi connectivity index (χ3n) is 6.67. The summed E-state index contributed by atoms with van der Waals surface area (Å²) in [7, 11) is -5.20. The molecule has 0 radical (unpaired) electrons. The topological polar surface area (TPSA) is 102 Å². The third-order valence-corrected chi connectivity index (χ3v) is 10.6. The molecule has 3 fully saturated rings. The van der Waals surface area contributed by atoms with Crippen LogP contribution in [0.15, 0.2) is 29.2 Å². The van der Waals surface area contributed by atoms with Gasteiger partial charge in [-0.3, -0.25) is 4.79 Å². The predicted octanol–water partition coefficient (Wildman–Crippen LogP) is 0.111. The van der Waals surface area contributed by atoms with Gasteiger partial charge in [-0.05, 0) is 38.1 Å². The van der Waals surface area contributed by atoms with Crippen LogP contribution in [-0.2, 0) is 20.2 Å². The zero-order valence-corrected chi connectivity index (χ0v) is 20.7. The van der Waals surface area contributed by atoms with E-state index in [1.807, 2.05) is 7.05 Å². The van der Waals surface area contributed by atoms with Gasteiger partial charge in [0.2, 0.25) is 10.0 Å². The van der Waals surface area contributed by atoms with Gasteiger partial charge in [-0.2, -0.15) is 21.3 Å². The standard InChI is InChI=1S/C21H33N5O5S2/c1-22-10-14-25(15-11-22)33(30,31)26-16-12-23(13-17-26)21(27)19-6-5-7-20(18-19)32(28,29)24-8-3-2-4-9-24/h5-7,18H,2-4,8-17H2,1H3. The van der Waals surface area contributed by atoms with Crippen molar-refractivity contribution in [3.63, 3.8) is 0 Å². The minimum atomic E-state index is -3.63. The quantitative estimate of drug-likeness (QED) is 0.570. The van der Waals surface area contributed by atoms with Crippen molar-refractivity contribution in [2.75, 3.05) is 72.5 Å². The van der Waals surface area contributed by atoms with Crippen molar-refractivity contribution in [1.82, 2.24) is 22.7 Å². The van der Waals surface area contributed by atoms with Crippen LogP contribution in [0, 0.1) is 0 Å². The highest BCUT2D eigenvalue weighted by atomic mass is 32.2. The Bertz CT molecular complexity index is 1060. The first-order chi connectivity index (χ1) is 15.7. The zero-order valence-electron chi connectivity index (χ0n) is 19.1. The number of hydrogen-bond donors (Lipinski definition) is 0. The Morgan fingerprint density at radius 3 is 1.91 bits per heavy atom. The molecule has 0 aromatic heterocycles. The molecule has 1 aromatic rings. The number of likely N-dealkylation sites (N-methyl/N-ethyl adjacent to an activating group) is 1. The molecule has 0 unspecified atom stereocenters. The monoisotopic (exact) mass is 499 g/mol. The molecule has 0 N–H and O–H groups in total. The van der Waals surface area contributed by atoms with Crippen LogP contribution in [0.4, 0.5) is 0 Å². The Morgan fingerprint density at radius 2 is 1.30 bits per heavy atom. The van der Waals surface area contributed by atoms with E-state index in [2.05, 4.69) is 4.90 Å². The molecular formula is C21H33N5O5S2. The summed E-state index contributed by atoms with van der Waals surface area (Å²) < 4.78 is 56.3. The number of piperidine rings is 1. The van der Waals surface area contributed by atoms with Gasteiger partial charge < -0.3 is 9.80 Å². The second-order valence-electron chi connectivity index (χ2n) is 8.89. The minimum Gasteiger partial charge on any atom is -0.336 e. The van der Waals surface area contributed by atoms with Crippen LogP contribution in [0.1, 0.15) is 29.6 Å². The molecule has 10 nitrogen and oxygen atoms in total. The highest BCUT2D eigenvalue weighted by Crippen LogP contribution is 2.22. The summed E-state index contributed by atoms with van der Waals surface area (Å²) in [6, 6.07) is 6.18. The summed E-state index contributed by atoms with van der Waals surface area (Å²) in [4.78, 5) is 16.9. The lowest BCUT2D eigenvalue weighted by molar-refractivity contribution is 0.0692. The van der Waals surface area contributed by atoms with Crippen LogP contribution >= 0.6 is 0 Å². The zero-order chi connectivity index (χ0) is 23.6. The molecule has 3 saturated heterocycles. The molecule has 33 heavy (non-hydrogen) atoms. The van der Waals surface area contributed by atoms with Crippen LogP contribution in [0.2, 0.25) is 0 Å². The average molecular weight is 500 g/mol. The normalized spacial score (nSPS) is 23.0. The Balaban J connectivity index is 1.40. The van der Waals surface area contributed by atoms with Gasteiger partial charge in [0.25, 0.3) is 16.1 Å². The van der Waals surface area contributed by atoms with Crippen molar-refractivity contribution < 1.29 is 21.6 Å². The minimum absolute atomic E-state index is 0.131. The maximum atomic E-state index is 13.1. The summed E-state index contributed by atoms with van der Waals surface area (Å²) in [6.45, 7) is 4.35. The second kappa shape index (κ2) is 9.96. The lowest BCUT2D eigenvalue weighted by atomic mass is 10.2. The summed E-state index contributed by atoms with van der Waals surface area (Å²) >= 11 is 0. The number of carbonyl (C=O) groups is 1. The van der Waals surface area contributed by atoms with E-state index in [0.29, 0.717) is 44.8 Å². The molecule has 1 aromatic carbocycles. The molecule has 3 heterocycles. The van der Waals surface area contributed by atoms with Crippen LogP contribution in [0.25, 0.3) is 0 Å². The van der Waals surface area contributed by atoms with Crippen molar-refractivity contribution in [1.29, 1.82) is 0 Å². The molecule has 3 aliphatic heterocycles. The molecular weight excluding hydrogens is 466 g/mol. The Kier molecular flexibility index (Phi) is 7.41. The lowest BCUT2D eigenvalue weighted by Gasteiger charge is -2.39. The van der Waals surface area contributed by atoms with E-state index in [4.69, 9.17) is 0 Å². The van der Waals surface area contributed by atoms with Gasteiger partial charge in [-0.25, -0.2) is 8.42 Å². The van der Waals surface area contributed by atoms with Crippen molar-refractivity contribution in [3.05, 3.63) is 29.8 Å².